The molecule has 1 aromatic carbocycles. The quantitative estimate of drug-likeness (QED) is 0.873. The van der Waals surface area contributed by atoms with Crippen LogP contribution in [0, 0.1) is 0 Å². The fourth-order valence-electron chi connectivity index (χ4n) is 2.06. The minimum Gasteiger partial charge on any atom is -0.406 e. The maximum atomic E-state index is 11.9. The largest absolute Gasteiger partial charge is 0.573 e. The van der Waals surface area contributed by atoms with Gasteiger partial charge in [-0.2, -0.15) is 0 Å². The smallest absolute Gasteiger partial charge is 0.406 e. The lowest BCUT2D eigenvalue weighted by Crippen LogP contribution is -2.31. The summed E-state index contributed by atoms with van der Waals surface area (Å²) in [4.78, 5) is 14.6. The van der Waals surface area contributed by atoms with E-state index in [0.717, 1.165) is 12.0 Å². The molecule has 0 unspecified atom stereocenters. The third-order valence-electron chi connectivity index (χ3n) is 3.30. The Balaban J connectivity index is 0.000000333. The number of ether oxygens (including phenoxy) is 1. The maximum absolute atomic E-state index is 11.9. The third kappa shape index (κ3) is 7.80. The predicted molar refractivity (Wildman–Crippen MR) is 90.2 cm³/mol. The summed E-state index contributed by atoms with van der Waals surface area (Å²) in [6.45, 7) is 3.59. The van der Waals surface area contributed by atoms with Crippen molar-refractivity contribution in [2.24, 2.45) is 0 Å². The number of nitrogens with one attached hydrogen (secondary N) is 1. The van der Waals surface area contributed by atoms with Crippen LogP contribution in [0.4, 0.5) is 13.2 Å². The van der Waals surface area contributed by atoms with E-state index in [1.807, 2.05) is 13.0 Å². The van der Waals surface area contributed by atoms with Gasteiger partial charge in [-0.3, -0.25) is 9.78 Å². The lowest BCUT2D eigenvalue weighted by Gasteiger charge is -2.09. The zero-order chi connectivity index (χ0) is 18.9. The number of hydrogen-bond acceptors (Lipinski definition) is 4. The molecule has 136 valence electrons. The van der Waals surface area contributed by atoms with Gasteiger partial charge in [0.1, 0.15) is 11.5 Å². The molecule has 1 N–H and O–H groups in total. The van der Waals surface area contributed by atoms with Crippen molar-refractivity contribution < 1.29 is 22.7 Å². The molecule has 0 amide bonds. The molecule has 1 atom stereocenters. The van der Waals surface area contributed by atoms with Gasteiger partial charge < -0.3 is 10.1 Å². The van der Waals surface area contributed by atoms with Gasteiger partial charge in [-0.15, -0.1) is 13.2 Å². The van der Waals surface area contributed by atoms with Crippen LogP contribution in [0.25, 0.3) is 11.3 Å². The number of likely N-dealkylation sites (N-methyl/N-ethyl adjacent to an activating group) is 1. The van der Waals surface area contributed by atoms with Crippen LogP contribution in [0.15, 0.2) is 48.7 Å². The van der Waals surface area contributed by atoms with Crippen molar-refractivity contribution in [3.8, 4) is 17.0 Å². The average Bonchev–Trinajstić information content (AvgIpc) is 2.56. The monoisotopic (exact) mass is 354 g/mol. The molecule has 2 rings (SSSR count). The highest BCUT2D eigenvalue weighted by atomic mass is 19.4. The Labute approximate surface area is 145 Å². The van der Waals surface area contributed by atoms with E-state index in [1.165, 1.54) is 24.3 Å². The molecule has 0 aliphatic heterocycles. The number of aromatic nitrogens is 1. The van der Waals surface area contributed by atoms with Crippen molar-refractivity contribution in [3.63, 3.8) is 0 Å². The minimum absolute atomic E-state index is 0.0648. The molecule has 0 fully saturated rings. The molecule has 4 nitrogen and oxygen atoms in total. The molecule has 0 spiro atoms. The van der Waals surface area contributed by atoms with Gasteiger partial charge >= 0.3 is 6.36 Å². The summed E-state index contributed by atoms with van der Waals surface area (Å²) in [7, 11) is 1.80. The topological polar surface area (TPSA) is 51.2 Å². The normalized spacial score (nSPS) is 11.9. The summed E-state index contributed by atoms with van der Waals surface area (Å²) >= 11 is 0. The van der Waals surface area contributed by atoms with Gasteiger partial charge in [-0.1, -0.05) is 13.0 Å². The Bertz CT molecular complexity index is 640. The standard InChI is InChI=1S/C12H8F3NO.C6H13NO/c13-12(14,15)17-10-6-4-9(5-7-10)11-3-1-2-8-16-11;1-4-6(7-3)5(2)8/h1-8H;6-7H,4H2,1-3H3/t;6-/m.0/s1. The van der Waals surface area contributed by atoms with Gasteiger partial charge in [-0.25, -0.2) is 0 Å². The second kappa shape index (κ2) is 9.78. The van der Waals surface area contributed by atoms with Crippen LogP contribution in [0.3, 0.4) is 0 Å². The van der Waals surface area contributed by atoms with Crippen molar-refractivity contribution in [3.05, 3.63) is 48.7 Å². The van der Waals surface area contributed by atoms with Crippen LogP contribution in [0.2, 0.25) is 0 Å². The van der Waals surface area contributed by atoms with Gasteiger partial charge in [0.15, 0.2) is 0 Å². The Morgan fingerprint density at radius 2 is 1.84 bits per heavy atom. The fraction of sp³-hybridized carbons (Fsp3) is 0.333. The fourth-order valence-corrected chi connectivity index (χ4v) is 2.06. The first-order valence-electron chi connectivity index (χ1n) is 7.71. The number of nitrogens with zero attached hydrogens (tertiary/aromatic N) is 1. The van der Waals surface area contributed by atoms with E-state index in [0.29, 0.717) is 5.69 Å². The number of carbonyl (C=O) groups excluding carboxylic acids is 1. The number of ketones is 1. The van der Waals surface area contributed by atoms with Crippen molar-refractivity contribution in [1.29, 1.82) is 0 Å². The van der Waals surface area contributed by atoms with Crippen LogP contribution in [0.1, 0.15) is 20.3 Å². The summed E-state index contributed by atoms with van der Waals surface area (Å²) in [5.41, 5.74) is 1.44. The van der Waals surface area contributed by atoms with Crippen molar-refractivity contribution in [2.45, 2.75) is 32.7 Å². The van der Waals surface area contributed by atoms with Gasteiger partial charge in [0.05, 0.1) is 11.7 Å². The molecule has 0 radical (unpaired) electrons. The van der Waals surface area contributed by atoms with E-state index in [9.17, 15) is 18.0 Å². The van der Waals surface area contributed by atoms with E-state index in [-0.39, 0.29) is 17.6 Å². The van der Waals surface area contributed by atoms with Gasteiger partial charge in [-0.05, 0) is 56.8 Å². The number of alkyl halides is 3. The van der Waals surface area contributed by atoms with Crippen LogP contribution in [-0.4, -0.2) is 30.2 Å². The summed E-state index contributed by atoms with van der Waals surface area (Å²) in [5.74, 6) is -0.0211. The summed E-state index contributed by atoms with van der Waals surface area (Å²) in [6.07, 6.45) is -2.16. The van der Waals surface area contributed by atoms with Crippen LogP contribution < -0.4 is 10.1 Å². The first-order chi connectivity index (χ1) is 11.8. The predicted octanol–water partition coefficient (Wildman–Crippen LogP) is 4.22. The molecule has 0 saturated carbocycles. The SMILES string of the molecule is CC[C@H](NC)C(C)=O.FC(F)(F)Oc1ccc(-c2ccccn2)cc1. The number of carbonyl (C=O) groups is 1. The Kier molecular flexibility index (Phi) is 8.07. The molecule has 25 heavy (non-hydrogen) atoms. The Morgan fingerprint density at radius 3 is 2.20 bits per heavy atom. The highest BCUT2D eigenvalue weighted by Crippen LogP contribution is 2.25. The van der Waals surface area contributed by atoms with E-state index < -0.39 is 6.36 Å². The number of hydrogen-bond donors (Lipinski definition) is 1. The number of rotatable bonds is 5. The second-order valence-corrected chi connectivity index (χ2v) is 5.15. The van der Waals surface area contributed by atoms with Crippen molar-refractivity contribution >= 4 is 5.78 Å². The van der Waals surface area contributed by atoms with E-state index in [4.69, 9.17) is 0 Å². The lowest BCUT2D eigenvalue weighted by atomic mass is 10.1. The number of halogens is 3. The zero-order valence-electron chi connectivity index (χ0n) is 14.3. The number of pyridine rings is 1. The van der Waals surface area contributed by atoms with Crippen molar-refractivity contribution in [1.82, 2.24) is 10.3 Å². The molecule has 1 heterocycles. The molecule has 0 aliphatic rings. The molecular weight excluding hydrogens is 333 g/mol. The first-order valence-corrected chi connectivity index (χ1v) is 7.71. The summed E-state index contributed by atoms with van der Waals surface area (Å²) in [5, 5.41) is 2.90. The van der Waals surface area contributed by atoms with Crippen LogP contribution >= 0.6 is 0 Å². The molecule has 0 bridgehead atoms. The Morgan fingerprint density at radius 1 is 1.20 bits per heavy atom. The maximum Gasteiger partial charge on any atom is 0.573 e. The molecule has 2 aromatic rings. The second-order valence-electron chi connectivity index (χ2n) is 5.15. The zero-order valence-corrected chi connectivity index (χ0v) is 14.3. The number of benzene rings is 1. The van der Waals surface area contributed by atoms with Crippen molar-refractivity contribution in [2.75, 3.05) is 7.05 Å². The van der Waals surface area contributed by atoms with Gasteiger partial charge in [0.2, 0.25) is 0 Å². The third-order valence-corrected chi connectivity index (χ3v) is 3.30. The molecule has 1 aromatic heterocycles. The Hall–Kier alpha value is -2.41. The first kappa shape index (κ1) is 20.6. The van der Waals surface area contributed by atoms with Crippen LogP contribution in [0.5, 0.6) is 5.75 Å². The minimum atomic E-state index is -4.66. The summed E-state index contributed by atoms with van der Waals surface area (Å²) in [6, 6.07) is 11.0. The highest BCUT2D eigenvalue weighted by Gasteiger charge is 2.30. The lowest BCUT2D eigenvalue weighted by molar-refractivity contribution is -0.274. The van der Waals surface area contributed by atoms with Crippen LogP contribution in [-0.2, 0) is 4.79 Å². The average molecular weight is 354 g/mol. The number of Topliss-reactive ketones (excluding diaryl/α,β-unsaturated/α-hetero) is 1. The van der Waals surface area contributed by atoms with E-state index >= 15 is 0 Å². The molecule has 0 saturated heterocycles. The van der Waals surface area contributed by atoms with Gasteiger partial charge in [0, 0.05) is 11.8 Å². The highest BCUT2D eigenvalue weighted by molar-refractivity contribution is 5.81. The van der Waals surface area contributed by atoms with E-state index in [1.54, 1.807) is 32.3 Å². The molecule has 7 heteroatoms. The molecular formula is C18H21F3N2O2. The summed E-state index contributed by atoms with van der Waals surface area (Å²) < 4.78 is 39.6. The molecule has 0 aliphatic carbocycles. The van der Waals surface area contributed by atoms with E-state index in [2.05, 4.69) is 15.0 Å². The van der Waals surface area contributed by atoms with Gasteiger partial charge in [0.25, 0.3) is 0 Å².